The molecule has 0 radical (unpaired) electrons. The monoisotopic (exact) mass is 458 g/mol. The van der Waals surface area contributed by atoms with E-state index in [-0.39, 0.29) is 11.4 Å². The quantitative estimate of drug-likeness (QED) is 0.614. The molecule has 0 spiro atoms. The molecule has 9 heteroatoms. The number of benzene rings is 2. The Labute approximate surface area is 189 Å². The number of piperidine rings is 1. The number of aryl methyl sites for hydroxylation is 1. The van der Waals surface area contributed by atoms with E-state index in [4.69, 9.17) is 4.74 Å². The first-order valence-corrected chi connectivity index (χ1v) is 12.1. The van der Waals surface area contributed by atoms with Crippen LogP contribution in [0.25, 0.3) is 0 Å². The number of amides is 1. The summed E-state index contributed by atoms with van der Waals surface area (Å²) in [5, 5.41) is 4.22. The van der Waals surface area contributed by atoms with Gasteiger partial charge in [-0.3, -0.25) is 9.10 Å². The molecule has 3 rings (SSSR count). The summed E-state index contributed by atoms with van der Waals surface area (Å²) in [6.45, 7) is 5.64. The maximum atomic E-state index is 13.4. The van der Waals surface area contributed by atoms with Gasteiger partial charge in [0.2, 0.25) is 0 Å². The Hall–Kier alpha value is -2.91. The van der Waals surface area contributed by atoms with E-state index in [1.165, 1.54) is 0 Å². The van der Waals surface area contributed by atoms with E-state index in [0.717, 1.165) is 41.5 Å². The average Bonchev–Trinajstić information content (AvgIpc) is 2.78. The molecule has 1 aliphatic heterocycles. The molecule has 1 aliphatic rings. The number of nitrogens with one attached hydrogen (secondary N) is 1. The van der Waals surface area contributed by atoms with E-state index in [2.05, 4.69) is 15.4 Å². The van der Waals surface area contributed by atoms with Gasteiger partial charge in [0.25, 0.3) is 15.9 Å². The van der Waals surface area contributed by atoms with Gasteiger partial charge in [-0.15, -0.1) is 0 Å². The number of anilines is 1. The van der Waals surface area contributed by atoms with Gasteiger partial charge in [-0.1, -0.05) is 17.7 Å². The highest BCUT2D eigenvalue weighted by molar-refractivity contribution is 7.92. The summed E-state index contributed by atoms with van der Waals surface area (Å²) in [7, 11) is -1.92. The van der Waals surface area contributed by atoms with Crippen LogP contribution in [0.3, 0.4) is 0 Å². The van der Waals surface area contributed by atoms with Gasteiger partial charge in [0.05, 0.1) is 17.2 Å². The van der Waals surface area contributed by atoms with Crippen LogP contribution in [0.2, 0.25) is 0 Å². The molecule has 0 atom stereocenters. The highest BCUT2D eigenvalue weighted by Crippen LogP contribution is 2.26. The number of hydrogen-bond donors (Lipinski definition) is 1. The van der Waals surface area contributed by atoms with Crippen molar-refractivity contribution in [3.63, 3.8) is 0 Å². The summed E-state index contributed by atoms with van der Waals surface area (Å²) < 4.78 is 33.4. The van der Waals surface area contributed by atoms with Crippen molar-refractivity contribution in [2.24, 2.45) is 5.10 Å². The van der Waals surface area contributed by atoms with Crippen LogP contribution in [-0.4, -0.2) is 58.2 Å². The zero-order valence-electron chi connectivity index (χ0n) is 18.7. The van der Waals surface area contributed by atoms with Crippen molar-refractivity contribution in [1.82, 2.24) is 10.3 Å². The fraction of sp³-hybridized carbons (Fsp3) is 0.391. The summed E-state index contributed by atoms with van der Waals surface area (Å²) in [4.78, 5) is 15.0. The maximum absolute atomic E-state index is 13.4. The number of nitrogens with zero attached hydrogens (tertiary/aromatic N) is 3. The molecule has 32 heavy (non-hydrogen) atoms. The SMILES string of the molecule is CCOc1ccc(N(CC(=O)NN=C2CCN(C)CC2)S(=O)(=O)c2ccc(C)cc2)cc1. The summed E-state index contributed by atoms with van der Waals surface area (Å²) in [5.41, 5.74) is 4.76. The molecule has 1 amide bonds. The molecule has 172 valence electrons. The van der Waals surface area contributed by atoms with Crippen molar-refractivity contribution in [2.75, 3.05) is 37.6 Å². The van der Waals surface area contributed by atoms with Gasteiger partial charge >= 0.3 is 0 Å². The van der Waals surface area contributed by atoms with Crippen molar-refractivity contribution >= 4 is 27.3 Å². The molecule has 0 aromatic heterocycles. The second-order valence-electron chi connectivity index (χ2n) is 7.77. The van der Waals surface area contributed by atoms with E-state index in [9.17, 15) is 13.2 Å². The van der Waals surface area contributed by atoms with Crippen molar-refractivity contribution in [3.8, 4) is 5.75 Å². The largest absolute Gasteiger partial charge is 0.494 e. The van der Waals surface area contributed by atoms with E-state index in [1.54, 1.807) is 48.5 Å². The number of carbonyl (C=O) groups is 1. The zero-order chi connectivity index (χ0) is 23.1. The third-order valence-electron chi connectivity index (χ3n) is 5.23. The Kier molecular flexibility index (Phi) is 7.87. The highest BCUT2D eigenvalue weighted by atomic mass is 32.2. The molecule has 1 N–H and O–H groups in total. The van der Waals surface area contributed by atoms with Crippen LogP contribution in [-0.2, 0) is 14.8 Å². The van der Waals surface area contributed by atoms with Crippen LogP contribution in [0.15, 0.2) is 58.5 Å². The fourth-order valence-corrected chi connectivity index (χ4v) is 4.74. The summed E-state index contributed by atoms with van der Waals surface area (Å²) in [5.74, 6) is 0.128. The number of hydrazone groups is 1. The predicted molar refractivity (Wildman–Crippen MR) is 126 cm³/mol. The first-order chi connectivity index (χ1) is 15.3. The molecular weight excluding hydrogens is 428 g/mol. The van der Waals surface area contributed by atoms with Gasteiger partial charge in [-0.05, 0) is 57.3 Å². The topological polar surface area (TPSA) is 91.3 Å². The summed E-state index contributed by atoms with van der Waals surface area (Å²) in [6.07, 6.45) is 1.56. The first kappa shape index (κ1) is 23.7. The fourth-order valence-electron chi connectivity index (χ4n) is 3.32. The molecule has 1 fully saturated rings. The Morgan fingerprint density at radius 2 is 1.72 bits per heavy atom. The van der Waals surface area contributed by atoms with Crippen molar-refractivity contribution < 1.29 is 17.9 Å². The van der Waals surface area contributed by atoms with Gasteiger partial charge < -0.3 is 9.64 Å². The Morgan fingerprint density at radius 1 is 1.09 bits per heavy atom. The van der Waals surface area contributed by atoms with E-state index >= 15 is 0 Å². The minimum atomic E-state index is -3.96. The second-order valence-corrected chi connectivity index (χ2v) is 9.63. The lowest BCUT2D eigenvalue weighted by molar-refractivity contribution is -0.119. The lowest BCUT2D eigenvalue weighted by Gasteiger charge is -2.25. The number of ether oxygens (including phenoxy) is 1. The van der Waals surface area contributed by atoms with Crippen LogP contribution in [0.1, 0.15) is 25.3 Å². The smallest absolute Gasteiger partial charge is 0.264 e. The Morgan fingerprint density at radius 3 is 2.31 bits per heavy atom. The van der Waals surface area contributed by atoms with Gasteiger partial charge in [-0.25, -0.2) is 13.8 Å². The normalized spacial score (nSPS) is 14.7. The minimum Gasteiger partial charge on any atom is -0.494 e. The van der Waals surface area contributed by atoms with Gasteiger partial charge in [-0.2, -0.15) is 5.10 Å². The number of carbonyl (C=O) groups excluding carboxylic acids is 1. The third kappa shape index (κ3) is 6.08. The summed E-state index contributed by atoms with van der Waals surface area (Å²) >= 11 is 0. The number of rotatable bonds is 8. The second kappa shape index (κ2) is 10.6. The van der Waals surface area contributed by atoms with Gasteiger partial charge in [0.1, 0.15) is 12.3 Å². The van der Waals surface area contributed by atoms with Crippen LogP contribution in [0.4, 0.5) is 5.69 Å². The molecule has 0 saturated carbocycles. The maximum Gasteiger partial charge on any atom is 0.264 e. The lowest BCUT2D eigenvalue weighted by Crippen LogP contribution is -2.40. The highest BCUT2D eigenvalue weighted by Gasteiger charge is 2.27. The zero-order valence-corrected chi connectivity index (χ0v) is 19.6. The molecule has 1 heterocycles. The number of sulfonamides is 1. The molecular formula is C23H30N4O4S. The molecule has 2 aromatic rings. The summed E-state index contributed by atoms with van der Waals surface area (Å²) in [6, 6.07) is 13.2. The van der Waals surface area contributed by atoms with Crippen LogP contribution in [0, 0.1) is 6.92 Å². The Balaban J connectivity index is 1.84. The first-order valence-electron chi connectivity index (χ1n) is 10.6. The molecule has 2 aromatic carbocycles. The average molecular weight is 459 g/mol. The molecule has 8 nitrogen and oxygen atoms in total. The van der Waals surface area contributed by atoms with Crippen molar-refractivity contribution in [1.29, 1.82) is 0 Å². The third-order valence-corrected chi connectivity index (χ3v) is 7.02. The lowest BCUT2D eigenvalue weighted by atomic mass is 10.1. The van der Waals surface area contributed by atoms with Crippen LogP contribution >= 0.6 is 0 Å². The van der Waals surface area contributed by atoms with E-state index < -0.39 is 15.9 Å². The van der Waals surface area contributed by atoms with Crippen LogP contribution < -0.4 is 14.5 Å². The molecule has 0 unspecified atom stereocenters. The molecule has 0 aliphatic carbocycles. The predicted octanol–water partition coefficient (Wildman–Crippen LogP) is 2.79. The minimum absolute atomic E-state index is 0.117. The molecule has 1 saturated heterocycles. The number of hydrogen-bond acceptors (Lipinski definition) is 6. The standard InChI is InChI=1S/C23H30N4O4S/c1-4-31-21-9-7-20(8-10-21)27(32(29,30)22-11-5-18(2)6-12-22)17-23(28)25-24-19-13-15-26(3)16-14-19/h5-12H,4,13-17H2,1-3H3,(H,25,28). The van der Waals surface area contributed by atoms with Crippen molar-refractivity contribution in [2.45, 2.75) is 31.6 Å². The van der Waals surface area contributed by atoms with Crippen molar-refractivity contribution in [3.05, 3.63) is 54.1 Å². The molecule has 0 bridgehead atoms. The number of likely N-dealkylation sites (tertiary alicyclic amines) is 1. The van der Waals surface area contributed by atoms with E-state index in [1.807, 2.05) is 20.9 Å². The Bertz CT molecular complexity index is 1040. The van der Waals surface area contributed by atoms with Gasteiger partial charge in [0, 0.05) is 31.6 Å². The van der Waals surface area contributed by atoms with E-state index in [0.29, 0.717) is 18.0 Å². The van der Waals surface area contributed by atoms with Crippen LogP contribution in [0.5, 0.6) is 5.75 Å². The van der Waals surface area contributed by atoms with Gasteiger partial charge in [0.15, 0.2) is 0 Å².